The minimum Gasteiger partial charge on any atom is -0.453 e. The molecule has 6 nitrogen and oxygen atoms in total. The molecule has 0 bridgehead atoms. The Hall–Kier alpha value is -3.77. The van der Waals surface area contributed by atoms with Crippen LogP contribution in [-0.2, 0) is 12.6 Å². The summed E-state index contributed by atoms with van der Waals surface area (Å²) < 4.78 is 8.22. The highest BCUT2D eigenvalue weighted by molar-refractivity contribution is 6.04. The van der Waals surface area contributed by atoms with Gasteiger partial charge in [0.25, 0.3) is 0 Å². The maximum atomic E-state index is 13.8. The topological polar surface area (TPSA) is 86.9 Å². The molecule has 0 radical (unpaired) electrons. The van der Waals surface area contributed by atoms with Crippen molar-refractivity contribution in [3.63, 3.8) is 0 Å². The first-order valence-corrected chi connectivity index (χ1v) is 10.8. The Labute approximate surface area is 184 Å². The summed E-state index contributed by atoms with van der Waals surface area (Å²) in [6, 6.07) is 17.3. The van der Waals surface area contributed by atoms with E-state index in [0.717, 1.165) is 47.0 Å². The lowest BCUT2D eigenvalue weighted by molar-refractivity contribution is 0.246. The van der Waals surface area contributed by atoms with Crippen molar-refractivity contribution in [2.75, 3.05) is 0 Å². The minimum absolute atomic E-state index is 0.0890. The van der Waals surface area contributed by atoms with E-state index >= 15 is 0 Å². The minimum atomic E-state index is -0.347. The molecule has 3 heterocycles. The predicted octanol–water partition coefficient (Wildman–Crippen LogP) is 4.75. The number of rotatable bonds is 3. The van der Waals surface area contributed by atoms with Crippen LogP contribution in [0.3, 0.4) is 0 Å². The number of hydrogen-bond donors (Lipinski definition) is 1. The molecule has 1 aliphatic carbocycles. The van der Waals surface area contributed by atoms with Gasteiger partial charge >= 0.3 is 0 Å². The second kappa shape index (κ2) is 6.87. The molecular formula is C26H22N4O2. The first-order valence-electron chi connectivity index (χ1n) is 10.8. The van der Waals surface area contributed by atoms with Crippen LogP contribution in [0.2, 0.25) is 0 Å². The third-order valence-electron chi connectivity index (χ3n) is 6.60. The van der Waals surface area contributed by atoms with E-state index in [1.165, 1.54) is 0 Å². The van der Waals surface area contributed by atoms with Gasteiger partial charge in [-0.05, 0) is 31.4 Å². The number of hydrogen-bond acceptors (Lipinski definition) is 5. The van der Waals surface area contributed by atoms with Crippen molar-refractivity contribution in [2.24, 2.45) is 12.8 Å². The molecule has 3 aromatic heterocycles. The maximum Gasteiger partial charge on any atom is 0.201 e. The van der Waals surface area contributed by atoms with Crippen molar-refractivity contribution in [1.82, 2.24) is 14.8 Å². The molecule has 32 heavy (non-hydrogen) atoms. The molecule has 6 rings (SSSR count). The van der Waals surface area contributed by atoms with Gasteiger partial charge in [-0.25, -0.2) is 0 Å². The Morgan fingerprint density at radius 1 is 1.00 bits per heavy atom. The molecule has 0 aliphatic heterocycles. The molecule has 2 N–H and O–H groups in total. The van der Waals surface area contributed by atoms with Crippen LogP contribution in [0, 0.1) is 0 Å². The lowest BCUT2D eigenvalue weighted by Crippen LogP contribution is -2.43. The van der Waals surface area contributed by atoms with Crippen LogP contribution in [0.5, 0.6) is 0 Å². The van der Waals surface area contributed by atoms with Gasteiger partial charge in [-0.1, -0.05) is 42.5 Å². The molecule has 0 unspecified atom stereocenters. The predicted molar refractivity (Wildman–Crippen MR) is 125 cm³/mol. The average Bonchev–Trinajstić information content (AvgIpc) is 3.19. The Balaban J connectivity index is 1.65. The molecule has 0 amide bonds. The third kappa shape index (κ3) is 2.73. The van der Waals surface area contributed by atoms with Gasteiger partial charge in [0.05, 0.1) is 28.4 Å². The first-order chi connectivity index (χ1) is 15.5. The zero-order valence-electron chi connectivity index (χ0n) is 17.7. The molecular weight excluding hydrogens is 400 g/mol. The van der Waals surface area contributed by atoms with Crippen LogP contribution in [0.4, 0.5) is 0 Å². The molecule has 0 saturated heterocycles. The van der Waals surface area contributed by atoms with Crippen molar-refractivity contribution < 1.29 is 4.42 Å². The van der Waals surface area contributed by atoms with Crippen LogP contribution in [0.15, 0.2) is 76.2 Å². The molecule has 6 heteroatoms. The van der Waals surface area contributed by atoms with Crippen LogP contribution < -0.4 is 11.2 Å². The van der Waals surface area contributed by atoms with Crippen LogP contribution in [-0.4, -0.2) is 14.8 Å². The fourth-order valence-corrected chi connectivity index (χ4v) is 4.61. The number of aromatic nitrogens is 3. The van der Waals surface area contributed by atoms with Crippen LogP contribution >= 0.6 is 0 Å². The molecule has 5 aromatic rings. The molecule has 158 valence electrons. The van der Waals surface area contributed by atoms with E-state index in [1.54, 1.807) is 17.1 Å². The first kappa shape index (κ1) is 19.0. The highest BCUT2D eigenvalue weighted by atomic mass is 16.3. The van der Waals surface area contributed by atoms with Gasteiger partial charge < -0.3 is 10.2 Å². The Bertz CT molecular complexity index is 1530. The molecule has 0 spiro atoms. The normalized spacial score (nSPS) is 15.2. The van der Waals surface area contributed by atoms with Crippen molar-refractivity contribution in [2.45, 2.75) is 24.8 Å². The fraction of sp³-hybridized carbons (Fsp3) is 0.192. The van der Waals surface area contributed by atoms with E-state index < -0.39 is 0 Å². The van der Waals surface area contributed by atoms with Gasteiger partial charge in [0.15, 0.2) is 5.58 Å². The van der Waals surface area contributed by atoms with Gasteiger partial charge in [-0.3, -0.25) is 14.5 Å². The smallest absolute Gasteiger partial charge is 0.201 e. The van der Waals surface area contributed by atoms with E-state index in [0.29, 0.717) is 22.3 Å². The zero-order chi connectivity index (χ0) is 21.9. The summed E-state index contributed by atoms with van der Waals surface area (Å²) >= 11 is 0. The molecule has 1 aliphatic rings. The van der Waals surface area contributed by atoms with Gasteiger partial charge in [0.1, 0.15) is 11.3 Å². The third-order valence-corrected chi connectivity index (χ3v) is 6.60. The molecule has 1 saturated carbocycles. The number of benzene rings is 2. The van der Waals surface area contributed by atoms with Gasteiger partial charge in [0, 0.05) is 29.8 Å². The summed E-state index contributed by atoms with van der Waals surface area (Å²) in [6.45, 7) is 0. The Morgan fingerprint density at radius 2 is 1.81 bits per heavy atom. The van der Waals surface area contributed by atoms with Gasteiger partial charge in [0.2, 0.25) is 5.43 Å². The lowest BCUT2D eigenvalue weighted by atomic mass is 9.75. The number of pyridine rings is 1. The Morgan fingerprint density at radius 3 is 2.50 bits per heavy atom. The number of fused-ring (bicyclic) bond motifs is 3. The monoisotopic (exact) mass is 422 g/mol. The molecule has 0 atom stereocenters. The van der Waals surface area contributed by atoms with E-state index in [4.69, 9.17) is 10.2 Å². The largest absolute Gasteiger partial charge is 0.453 e. The van der Waals surface area contributed by atoms with Crippen molar-refractivity contribution >= 4 is 21.9 Å². The number of nitrogens with two attached hydrogens (primary N) is 1. The molecule has 2 aromatic carbocycles. The van der Waals surface area contributed by atoms with Gasteiger partial charge in [-0.15, -0.1) is 0 Å². The van der Waals surface area contributed by atoms with Crippen LogP contribution in [0.1, 0.15) is 25.0 Å². The average molecular weight is 422 g/mol. The van der Waals surface area contributed by atoms with E-state index in [9.17, 15) is 4.79 Å². The van der Waals surface area contributed by atoms with E-state index in [2.05, 4.69) is 10.1 Å². The summed E-state index contributed by atoms with van der Waals surface area (Å²) in [6.07, 6.45) is 6.52. The zero-order valence-corrected chi connectivity index (χ0v) is 17.7. The van der Waals surface area contributed by atoms with E-state index in [1.807, 2.05) is 61.6 Å². The quantitative estimate of drug-likeness (QED) is 0.453. The fourth-order valence-electron chi connectivity index (χ4n) is 4.61. The summed E-state index contributed by atoms with van der Waals surface area (Å²) in [5, 5.41) is 5.79. The van der Waals surface area contributed by atoms with E-state index in [-0.39, 0.29) is 11.0 Å². The second-order valence-corrected chi connectivity index (χ2v) is 8.59. The summed E-state index contributed by atoms with van der Waals surface area (Å²) in [4.78, 5) is 18.4. The molecule has 1 fully saturated rings. The summed E-state index contributed by atoms with van der Waals surface area (Å²) in [7, 11) is 1.85. The Kier molecular flexibility index (Phi) is 4.07. The second-order valence-electron chi connectivity index (χ2n) is 8.59. The summed E-state index contributed by atoms with van der Waals surface area (Å²) in [5.41, 5.74) is 10.3. The van der Waals surface area contributed by atoms with Crippen molar-refractivity contribution in [3.05, 3.63) is 82.9 Å². The highest BCUT2D eigenvalue weighted by Gasteiger charge is 2.35. The number of nitrogens with zero attached hydrogens (tertiary/aromatic N) is 3. The lowest BCUT2D eigenvalue weighted by Gasteiger charge is -2.37. The number of aryl methyl sites for hydroxylation is 1. The SMILES string of the molecule is Cn1ncc2ccc3c(=O)c(-c4ccc(C5(N)CCC5)nc4)c(-c4ccccc4)oc3c21. The summed E-state index contributed by atoms with van der Waals surface area (Å²) in [5.74, 6) is 0.525. The highest BCUT2D eigenvalue weighted by Crippen LogP contribution is 2.39. The standard InChI is InChI=1S/C26H22N4O2/c1-30-22-18(15-29-30)8-10-19-23(31)21(24(32-25(19)22)16-6-3-2-4-7-16)17-9-11-20(28-14-17)26(27)12-5-13-26/h2-4,6-11,14-15H,5,12-13,27H2,1H3. The maximum absolute atomic E-state index is 13.8. The van der Waals surface area contributed by atoms with Crippen molar-refractivity contribution in [1.29, 1.82) is 0 Å². The van der Waals surface area contributed by atoms with Crippen molar-refractivity contribution in [3.8, 4) is 22.5 Å². The van der Waals surface area contributed by atoms with Crippen LogP contribution in [0.25, 0.3) is 44.3 Å². The van der Waals surface area contributed by atoms with Gasteiger partial charge in [-0.2, -0.15) is 5.10 Å².